The maximum atomic E-state index is 12.3. The van der Waals surface area contributed by atoms with Crippen LogP contribution in [0.1, 0.15) is 44.1 Å². The highest BCUT2D eigenvalue weighted by Crippen LogP contribution is 2.22. The van der Waals surface area contributed by atoms with Gasteiger partial charge in [0.05, 0.1) is 4.90 Å². The van der Waals surface area contributed by atoms with Gasteiger partial charge in [-0.2, -0.15) is 0 Å². The molecule has 3 nitrogen and oxygen atoms in total. The second-order valence-electron chi connectivity index (χ2n) is 5.22. The Morgan fingerprint density at radius 2 is 1.79 bits per heavy atom. The Balaban J connectivity index is 2.14. The van der Waals surface area contributed by atoms with Crippen LogP contribution in [-0.4, -0.2) is 14.5 Å². The highest BCUT2D eigenvalue weighted by molar-refractivity contribution is 9.10. The molecule has 1 fully saturated rings. The lowest BCUT2D eigenvalue weighted by Gasteiger charge is -2.16. The highest BCUT2D eigenvalue weighted by Gasteiger charge is 2.21. The number of halogens is 1. The Morgan fingerprint density at radius 3 is 2.37 bits per heavy atom. The zero-order valence-corrected chi connectivity index (χ0v) is 13.6. The predicted octanol–water partition coefficient (Wildman–Crippen LogP) is 3.76. The van der Waals surface area contributed by atoms with E-state index >= 15 is 0 Å². The molecular formula is C14H20BrNO2S. The van der Waals surface area contributed by atoms with Gasteiger partial charge in [-0.25, -0.2) is 13.1 Å². The minimum absolute atomic E-state index is 0.0939. The molecule has 1 aromatic carbocycles. The summed E-state index contributed by atoms with van der Waals surface area (Å²) in [6, 6.07) is 5.24. The van der Waals surface area contributed by atoms with Crippen LogP contribution in [0.5, 0.6) is 0 Å². The van der Waals surface area contributed by atoms with E-state index in [0.29, 0.717) is 4.90 Å². The number of benzene rings is 1. The molecular weight excluding hydrogens is 326 g/mol. The van der Waals surface area contributed by atoms with Gasteiger partial charge in [0.1, 0.15) is 0 Å². The monoisotopic (exact) mass is 345 g/mol. The van der Waals surface area contributed by atoms with Crippen molar-refractivity contribution in [2.75, 3.05) is 0 Å². The van der Waals surface area contributed by atoms with Gasteiger partial charge in [-0.3, -0.25) is 0 Å². The van der Waals surface area contributed by atoms with E-state index in [0.717, 1.165) is 35.7 Å². The van der Waals surface area contributed by atoms with Gasteiger partial charge < -0.3 is 0 Å². The van der Waals surface area contributed by atoms with Gasteiger partial charge in [0.15, 0.2) is 0 Å². The van der Waals surface area contributed by atoms with Gasteiger partial charge in [-0.05, 0) is 43.5 Å². The smallest absolute Gasteiger partial charge is 0.208 e. The van der Waals surface area contributed by atoms with Crippen molar-refractivity contribution in [3.05, 3.63) is 28.2 Å². The van der Waals surface area contributed by atoms with Crippen LogP contribution in [0.15, 0.2) is 27.6 Å². The fourth-order valence-corrected chi connectivity index (χ4v) is 4.11. The maximum absolute atomic E-state index is 12.3. The van der Waals surface area contributed by atoms with Crippen molar-refractivity contribution in [3.63, 3.8) is 0 Å². The van der Waals surface area contributed by atoms with E-state index in [2.05, 4.69) is 20.7 Å². The van der Waals surface area contributed by atoms with Crippen LogP contribution in [0, 0.1) is 6.92 Å². The Hall–Kier alpha value is -0.390. The van der Waals surface area contributed by atoms with E-state index in [4.69, 9.17) is 0 Å². The van der Waals surface area contributed by atoms with E-state index < -0.39 is 10.0 Å². The van der Waals surface area contributed by atoms with Crippen LogP contribution < -0.4 is 4.72 Å². The summed E-state index contributed by atoms with van der Waals surface area (Å²) in [6.45, 7) is 1.90. The minimum Gasteiger partial charge on any atom is -0.208 e. The lowest BCUT2D eigenvalue weighted by molar-refractivity contribution is 0.510. The molecule has 0 aromatic heterocycles. The summed E-state index contributed by atoms with van der Waals surface area (Å²) in [6.07, 6.45) is 6.58. The van der Waals surface area contributed by atoms with E-state index in [1.165, 1.54) is 12.8 Å². The van der Waals surface area contributed by atoms with Crippen molar-refractivity contribution in [2.45, 2.75) is 56.4 Å². The van der Waals surface area contributed by atoms with Crippen LogP contribution in [0.3, 0.4) is 0 Å². The summed E-state index contributed by atoms with van der Waals surface area (Å²) in [5.74, 6) is 0. The summed E-state index contributed by atoms with van der Waals surface area (Å²) in [4.78, 5) is 0.359. The molecule has 1 saturated carbocycles. The zero-order chi connectivity index (χ0) is 13.9. The van der Waals surface area contributed by atoms with Crippen LogP contribution >= 0.6 is 15.9 Å². The first-order valence-corrected chi connectivity index (χ1v) is 9.05. The first kappa shape index (κ1) is 15.0. The molecule has 0 heterocycles. The molecule has 1 aromatic rings. The summed E-state index contributed by atoms with van der Waals surface area (Å²) >= 11 is 3.39. The van der Waals surface area contributed by atoms with Crippen molar-refractivity contribution in [3.8, 4) is 0 Å². The number of nitrogens with one attached hydrogen (secondary N) is 1. The van der Waals surface area contributed by atoms with E-state index in [9.17, 15) is 8.42 Å². The Kier molecular flexibility index (Phi) is 5.03. The molecule has 0 unspecified atom stereocenters. The molecule has 0 radical (unpaired) electrons. The molecule has 0 atom stereocenters. The normalized spacial score (nSPS) is 18.2. The summed E-state index contributed by atoms with van der Waals surface area (Å²) in [5.41, 5.74) is 0.934. The topological polar surface area (TPSA) is 46.2 Å². The van der Waals surface area contributed by atoms with Crippen molar-refractivity contribution >= 4 is 26.0 Å². The minimum atomic E-state index is -3.39. The van der Waals surface area contributed by atoms with Gasteiger partial charge in [0.25, 0.3) is 0 Å². The SMILES string of the molecule is Cc1cc(S(=O)(=O)NC2CCCCCC2)ccc1Br. The number of sulfonamides is 1. The molecule has 0 saturated heterocycles. The molecule has 0 amide bonds. The largest absolute Gasteiger partial charge is 0.240 e. The summed E-state index contributed by atoms with van der Waals surface area (Å²) in [7, 11) is -3.39. The summed E-state index contributed by atoms with van der Waals surface area (Å²) < 4.78 is 28.5. The number of aryl methyl sites for hydroxylation is 1. The zero-order valence-electron chi connectivity index (χ0n) is 11.2. The molecule has 19 heavy (non-hydrogen) atoms. The molecule has 0 bridgehead atoms. The highest BCUT2D eigenvalue weighted by atomic mass is 79.9. The molecule has 106 valence electrons. The molecule has 2 rings (SSSR count). The quantitative estimate of drug-likeness (QED) is 0.847. The van der Waals surface area contributed by atoms with Gasteiger partial charge in [-0.15, -0.1) is 0 Å². The average molecular weight is 346 g/mol. The van der Waals surface area contributed by atoms with Gasteiger partial charge in [0, 0.05) is 10.5 Å². The predicted molar refractivity (Wildman–Crippen MR) is 80.7 cm³/mol. The summed E-state index contributed by atoms with van der Waals surface area (Å²) in [5, 5.41) is 0. The number of hydrogen-bond acceptors (Lipinski definition) is 2. The number of hydrogen-bond donors (Lipinski definition) is 1. The first-order chi connectivity index (χ1) is 8.99. The molecule has 1 aliphatic carbocycles. The van der Waals surface area contributed by atoms with Crippen LogP contribution in [-0.2, 0) is 10.0 Å². The fraction of sp³-hybridized carbons (Fsp3) is 0.571. The third kappa shape index (κ3) is 4.04. The van der Waals surface area contributed by atoms with Crippen LogP contribution in [0.2, 0.25) is 0 Å². The fourth-order valence-electron chi connectivity index (χ4n) is 2.47. The Bertz CT molecular complexity index is 534. The first-order valence-electron chi connectivity index (χ1n) is 6.77. The van der Waals surface area contributed by atoms with Gasteiger partial charge >= 0.3 is 0 Å². The van der Waals surface area contributed by atoms with E-state index in [-0.39, 0.29) is 6.04 Å². The standard InChI is InChI=1S/C14H20BrNO2S/c1-11-10-13(8-9-14(11)15)19(17,18)16-12-6-4-2-3-5-7-12/h8-10,12,16H,2-7H2,1H3. The second kappa shape index (κ2) is 6.37. The average Bonchev–Trinajstić information content (AvgIpc) is 2.60. The van der Waals surface area contributed by atoms with Crippen molar-refractivity contribution < 1.29 is 8.42 Å². The maximum Gasteiger partial charge on any atom is 0.240 e. The van der Waals surface area contributed by atoms with Crippen molar-refractivity contribution in [1.82, 2.24) is 4.72 Å². The lowest BCUT2D eigenvalue weighted by Crippen LogP contribution is -2.34. The molecule has 0 aliphatic heterocycles. The second-order valence-corrected chi connectivity index (χ2v) is 7.79. The number of rotatable bonds is 3. The lowest BCUT2D eigenvalue weighted by atomic mass is 10.1. The van der Waals surface area contributed by atoms with Crippen LogP contribution in [0.25, 0.3) is 0 Å². The van der Waals surface area contributed by atoms with E-state index in [1.807, 2.05) is 6.92 Å². The molecule has 0 spiro atoms. The third-order valence-corrected chi connectivity index (χ3v) is 6.02. The Morgan fingerprint density at radius 1 is 1.16 bits per heavy atom. The molecule has 1 aliphatic rings. The molecule has 1 N–H and O–H groups in total. The van der Waals surface area contributed by atoms with Gasteiger partial charge in [0.2, 0.25) is 10.0 Å². The van der Waals surface area contributed by atoms with Crippen molar-refractivity contribution in [1.29, 1.82) is 0 Å². The Labute approximate surface area is 124 Å². The van der Waals surface area contributed by atoms with Gasteiger partial charge in [-0.1, -0.05) is 41.6 Å². The molecule has 5 heteroatoms. The van der Waals surface area contributed by atoms with Crippen molar-refractivity contribution in [2.24, 2.45) is 0 Å². The van der Waals surface area contributed by atoms with E-state index in [1.54, 1.807) is 18.2 Å². The van der Waals surface area contributed by atoms with Crippen LogP contribution in [0.4, 0.5) is 0 Å². The third-order valence-electron chi connectivity index (χ3n) is 3.62.